The van der Waals surface area contributed by atoms with Crippen LogP contribution in [-0.4, -0.2) is 27.9 Å². The van der Waals surface area contributed by atoms with E-state index in [0.717, 1.165) is 16.9 Å². The van der Waals surface area contributed by atoms with Gasteiger partial charge in [0.05, 0.1) is 12.3 Å². The molecule has 2 aromatic carbocycles. The van der Waals surface area contributed by atoms with Crippen LogP contribution in [0.15, 0.2) is 70.0 Å². The summed E-state index contributed by atoms with van der Waals surface area (Å²) in [4.78, 5) is 25.4. The molecule has 0 saturated carbocycles. The Morgan fingerprint density at radius 1 is 1.11 bits per heavy atom. The second-order valence-electron chi connectivity index (χ2n) is 7.31. The highest BCUT2D eigenvalue weighted by atomic mass is 35.5. The number of furan rings is 1. The van der Waals surface area contributed by atoms with Gasteiger partial charge in [-0.15, -0.1) is 11.3 Å². The summed E-state index contributed by atoms with van der Waals surface area (Å²) in [6.07, 6.45) is 0. The molecule has 1 unspecified atom stereocenters. The van der Waals surface area contributed by atoms with E-state index in [4.69, 9.17) is 20.8 Å². The Bertz CT molecular complexity index is 1410. The molecule has 0 aliphatic carbocycles. The fraction of sp³-hybridized carbons (Fsp3) is 0.120. The Balaban J connectivity index is 1.80. The van der Waals surface area contributed by atoms with Gasteiger partial charge in [0.15, 0.2) is 16.7 Å². The molecular weight excluding hydrogens is 510 g/mol. The molecule has 0 spiro atoms. The predicted octanol–water partition coefficient (Wildman–Crippen LogP) is 6.65. The smallest absolute Gasteiger partial charge is 0.348 e. The summed E-state index contributed by atoms with van der Waals surface area (Å²) in [6, 6.07) is 17.5. The topological polar surface area (TPSA) is 106 Å². The van der Waals surface area contributed by atoms with Gasteiger partial charge in [-0.3, -0.25) is 4.72 Å². The third-order valence-corrected chi connectivity index (χ3v) is 7.59. The zero-order valence-corrected chi connectivity index (χ0v) is 21.1. The van der Waals surface area contributed by atoms with E-state index in [2.05, 4.69) is 4.72 Å². The van der Waals surface area contributed by atoms with Crippen molar-refractivity contribution in [2.45, 2.75) is 18.7 Å². The number of carbonyl (C=O) groups excluding carboxylic acids is 1. The molecule has 4 rings (SSSR count). The first-order valence-electron chi connectivity index (χ1n) is 10.5. The summed E-state index contributed by atoms with van der Waals surface area (Å²) in [5.74, 6) is -1.42. The van der Waals surface area contributed by atoms with Gasteiger partial charge >= 0.3 is 11.9 Å². The first-order chi connectivity index (χ1) is 16.8. The molecule has 0 fully saturated rings. The first-order valence-corrected chi connectivity index (χ1v) is 12.8. The van der Waals surface area contributed by atoms with Gasteiger partial charge in [-0.1, -0.05) is 41.9 Å². The van der Waals surface area contributed by atoms with Crippen molar-refractivity contribution in [3.05, 3.63) is 81.9 Å². The van der Waals surface area contributed by atoms with Crippen LogP contribution in [0, 0.1) is 6.92 Å². The van der Waals surface area contributed by atoms with Crippen molar-refractivity contribution in [2.24, 2.45) is 0 Å². The minimum absolute atomic E-state index is 0.0110. The molecule has 180 valence electrons. The van der Waals surface area contributed by atoms with Crippen LogP contribution in [0.3, 0.4) is 0 Å². The number of hydrogen-bond donors (Lipinski definition) is 2. The van der Waals surface area contributed by atoms with Gasteiger partial charge in [0.2, 0.25) is 0 Å². The maximum Gasteiger partial charge on any atom is 0.348 e. The van der Waals surface area contributed by atoms with Crippen LogP contribution in [0.25, 0.3) is 21.8 Å². The van der Waals surface area contributed by atoms with Crippen LogP contribution in [0.4, 0.5) is 5.69 Å². The second-order valence-corrected chi connectivity index (χ2v) is 9.95. The second kappa shape index (κ2) is 10.5. The van der Waals surface area contributed by atoms with E-state index in [-0.39, 0.29) is 39.2 Å². The lowest BCUT2D eigenvalue weighted by atomic mass is 10.1. The summed E-state index contributed by atoms with van der Waals surface area (Å²) in [7, 11) is -2.07. The average molecular weight is 530 g/mol. The molecule has 2 heterocycles. The van der Waals surface area contributed by atoms with Crippen molar-refractivity contribution in [3.8, 4) is 21.8 Å². The molecule has 0 saturated heterocycles. The van der Waals surface area contributed by atoms with Crippen LogP contribution in [-0.2, 0) is 15.7 Å². The molecule has 2 aromatic heterocycles. The summed E-state index contributed by atoms with van der Waals surface area (Å²) in [6.45, 7) is 3.36. The highest BCUT2D eigenvalue weighted by Gasteiger charge is 2.30. The number of anilines is 1. The van der Waals surface area contributed by atoms with Gasteiger partial charge in [0.25, 0.3) is 0 Å². The van der Waals surface area contributed by atoms with Gasteiger partial charge in [-0.05, 0) is 49.7 Å². The number of aryl methyl sites for hydroxylation is 1. The minimum Gasteiger partial charge on any atom is -0.477 e. The number of carboxylic acids is 1. The van der Waals surface area contributed by atoms with E-state index in [1.807, 2.05) is 30.3 Å². The molecule has 1 atom stereocenters. The standard InChI is InChI=1S/C25H20ClNO6S2/c1-3-32-25(30)20-14(2)33-21(16-9-11-17(26)12-10-16)23(20)35(31)27-18-13-19(34-22(18)24(28)29)15-7-5-4-6-8-15/h4-13,27H,3H2,1-2H3,(H,28,29). The summed E-state index contributed by atoms with van der Waals surface area (Å²) >= 11 is 7.06. The number of ether oxygens (including phenoxy) is 1. The van der Waals surface area contributed by atoms with E-state index in [9.17, 15) is 18.9 Å². The van der Waals surface area contributed by atoms with Gasteiger partial charge in [0, 0.05) is 15.5 Å². The lowest BCUT2D eigenvalue weighted by Gasteiger charge is -2.09. The van der Waals surface area contributed by atoms with E-state index in [0.29, 0.717) is 15.5 Å². The molecule has 0 amide bonds. The molecule has 7 nitrogen and oxygen atoms in total. The molecule has 35 heavy (non-hydrogen) atoms. The van der Waals surface area contributed by atoms with Gasteiger partial charge in [-0.25, -0.2) is 13.8 Å². The number of rotatable bonds is 8. The molecule has 10 heteroatoms. The predicted molar refractivity (Wildman–Crippen MR) is 137 cm³/mol. The Morgan fingerprint density at radius 2 is 1.80 bits per heavy atom. The monoisotopic (exact) mass is 529 g/mol. The zero-order chi connectivity index (χ0) is 25.1. The van der Waals surface area contributed by atoms with Gasteiger partial charge in [-0.2, -0.15) is 0 Å². The number of halogens is 1. The van der Waals surface area contributed by atoms with E-state index < -0.39 is 22.9 Å². The third-order valence-electron chi connectivity index (χ3n) is 5.00. The van der Waals surface area contributed by atoms with Crippen molar-refractivity contribution in [3.63, 3.8) is 0 Å². The lowest BCUT2D eigenvalue weighted by Crippen LogP contribution is -2.13. The average Bonchev–Trinajstić information content (AvgIpc) is 3.41. The normalized spacial score (nSPS) is 11.7. The molecule has 2 N–H and O–H groups in total. The lowest BCUT2D eigenvalue weighted by molar-refractivity contribution is 0.0520. The molecule has 0 bridgehead atoms. The maximum absolute atomic E-state index is 13.7. The zero-order valence-electron chi connectivity index (χ0n) is 18.7. The first kappa shape index (κ1) is 24.7. The van der Waals surface area contributed by atoms with E-state index in [1.54, 1.807) is 44.2 Å². The summed E-state index contributed by atoms with van der Waals surface area (Å²) < 4.78 is 27.5. The van der Waals surface area contributed by atoms with Crippen LogP contribution < -0.4 is 4.72 Å². The van der Waals surface area contributed by atoms with Gasteiger partial charge in [0.1, 0.15) is 21.1 Å². The number of thiophene rings is 1. The quantitative estimate of drug-likeness (QED) is 0.248. The summed E-state index contributed by atoms with van der Waals surface area (Å²) in [5.41, 5.74) is 1.56. The Labute approximate surface area is 212 Å². The molecule has 0 aliphatic heterocycles. The summed E-state index contributed by atoms with van der Waals surface area (Å²) in [5, 5.41) is 10.3. The van der Waals surface area contributed by atoms with Crippen molar-refractivity contribution in [1.29, 1.82) is 0 Å². The van der Waals surface area contributed by atoms with E-state index in [1.165, 1.54) is 0 Å². The maximum atomic E-state index is 13.7. The molecule has 0 radical (unpaired) electrons. The minimum atomic E-state index is -2.07. The van der Waals surface area contributed by atoms with Crippen molar-refractivity contribution >= 4 is 51.5 Å². The van der Waals surface area contributed by atoms with Gasteiger partial charge < -0.3 is 14.3 Å². The number of nitrogens with one attached hydrogen (secondary N) is 1. The molecule has 4 aromatic rings. The largest absolute Gasteiger partial charge is 0.477 e. The fourth-order valence-electron chi connectivity index (χ4n) is 3.45. The number of aromatic carboxylic acids is 1. The van der Waals surface area contributed by atoms with Crippen LogP contribution >= 0.6 is 22.9 Å². The van der Waals surface area contributed by atoms with Crippen molar-refractivity contribution in [2.75, 3.05) is 11.3 Å². The third kappa shape index (κ3) is 5.17. The Hall–Kier alpha value is -3.40. The number of carboxylic acid groups (broad SMARTS) is 1. The number of hydrogen-bond acceptors (Lipinski definition) is 6. The van der Waals surface area contributed by atoms with Crippen LogP contribution in [0.1, 0.15) is 32.7 Å². The number of carbonyl (C=O) groups is 2. The van der Waals surface area contributed by atoms with Crippen molar-refractivity contribution < 1.29 is 28.1 Å². The van der Waals surface area contributed by atoms with E-state index >= 15 is 0 Å². The van der Waals surface area contributed by atoms with Crippen LogP contribution in [0.5, 0.6) is 0 Å². The molecular formula is C25H20ClNO6S2. The fourth-order valence-corrected chi connectivity index (χ4v) is 5.80. The highest BCUT2D eigenvalue weighted by molar-refractivity contribution is 7.86. The number of benzene rings is 2. The Kier molecular flexibility index (Phi) is 7.39. The number of esters is 1. The SMILES string of the molecule is CCOC(=O)c1c(C)oc(-c2ccc(Cl)cc2)c1S(=O)Nc1cc(-c2ccccc2)sc1C(=O)O. The Morgan fingerprint density at radius 3 is 2.43 bits per heavy atom. The van der Waals surface area contributed by atoms with Crippen molar-refractivity contribution in [1.82, 2.24) is 0 Å². The van der Waals surface area contributed by atoms with Crippen LogP contribution in [0.2, 0.25) is 5.02 Å². The highest BCUT2D eigenvalue weighted by Crippen LogP contribution is 2.38. The molecule has 0 aliphatic rings.